The van der Waals surface area contributed by atoms with E-state index in [-0.39, 0.29) is 6.61 Å². The van der Waals surface area contributed by atoms with Gasteiger partial charge in [0.05, 0.1) is 7.11 Å². The lowest BCUT2D eigenvalue weighted by Crippen LogP contribution is -2.49. The monoisotopic (exact) mass is 383 g/mol. The second-order valence-electron chi connectivity index (χ2n) is 6.17. The number of nitrogens with one attached hydrogen (secondary N) is 2. The molecule has 8 nitrogen and oxygen atoms in total. The maximum atomic E-state index is 12.9. The summed E-state index contributed by atoms with van der Waals surface area (Å²) in [7, 11) is 1.49. The zero-order chi connectivity index (χ0) is 20.1. The average Bonchev–Trinajstić information content (AvgIpc) is 2.98. The Morgan fingerprint density at radius 3 is 2.36 bits per heavy atom. The third-order valence-electron chi connectivity index (χ3n) is 4.55. The molecule has 146 valence electrons. The fraction of sp³-hybridized carbons (Fsp3) is 0.250. The first-order valence-corrected chi connectivity index (χ1v) is 8.79. The zero-order valence-electron chi connectivity index (χ0n) is 15.6. The van der Waals surface area contributed by atoms with Crippen LogP contribution >= 0.6 is 0 Å². The Bertz CT molecular complexity index is 886. The third-order valence-corrected chi connectivity index (χ3v) is 4.55. The second kappa shape index (κ2) is 7.99. The number of methoxy groups -OCH3 is 1. The molecule has 2 N–H and O–H groups in total. The van der Waals surface area contributed by atoms with E-state index in [0.29, 0.717) is 28.5 Å². The van der Waals surface area contributed by atoms with E-state index in [1.807, 2.05) is 6.07 Å². The van der Waals surface area contributed by atoms with E-state index in [9.17, 15) is 14.4 Å². The van der Waals surface area contributed by atoms with Crippen LogP contribution in [0.4, 0.5) is 4.79 Å². The van der Waals surface area contributed by atoms with Crippen LogP contribution in [-0.2, 0) is 15.1 Å². The summed E-state index contributed by atoms with van der Waals surface area (Å²) in [6.07, 6.45) is 0.339. The number of amides is 4. The summed E-state index contributed by atoms with van der Waals surface area (Å²) in [5.41, 5.74) is 1.75. The van der Waals surface area contributed by atoms with Gasteiger partial charge < -0.3 is 14.8 Å². The Labute approximate surface area is 162 Å². The molecule has 1 fully saturated rings. The lowest BCUT2D eigenvalue weighted by atomic mass is 9.87. The van der Waals surface area contributed by atoms with E-state index in [0.717, 1.165) is 0 Å². The molecule has 0 spiro atoms. The number of hydrazine groups is 1. The fourth-order valence-electron chi connectivity index (χ4n) is 3.08. The van der Waals surface area contributed by atoms with Crippen LogP contribution in [0.5, 0.6) is 11.5 Å². The summed E-state index contributed by atoms with van der Waals surface area (Å²) in [5.74, 6) is -0.338. The van der Waals surface area contributed by atoms with Crippen molar-refractivity contribution in [3.8, 4) is 11.5 Å². The van der Waals surface area contributed by atoms with Crippen molar-refractivity contribution in [3.05, 3.63) is 60.2 Å². The Balaban J connectivity index is 1.69. The molecule has 2 aromatic carbocycles. The van der Waals surface area contributed by atoms with Crippen molar-refractivity contribution in [2.75, 3.05) is 13.7 Å². The van der Waals surface area contributed by atoms with E-state index in [1.165, 1.54) is 7.11 Å². The van der Waals surface area contributed by atoms with Crippen molar-refractivity contribution in [3.63, 3.8) is 0 Å². The van der Waals surface area contributed by atoms with Crippen LogP contribution in [0.3, 0.4) is 0 Å². The number of nitrogens with zero attached hydrogens (tertiary/aromatic N) is 1. The maximum Gasteiger partial charge on any atom is 0.344 e. The van der Waals surface area contributed by atoms with Gasteiger partial charge in [-0.3, -0.25) is 15.0 Å². The first kappa shape index (κ1) is 19.2. The zero-order valence-corrected chi connectivity index (χ0v) is 15.6. The van der Waals surface area contributed by atoms with E-state index in [1.54, 1.807) is 55.5 Å². The highest BCUT2D eigenvalue weighted by Gasteiger charge is 2.52. The first-order chi connectivity index (χ1) is 13.5. The predicted octanol–water partition coefficient (Wildman–Crippen LogP) is 1.96. The summed E-state index contributed by atoms with van der Waals surface area (Å²) < 4.78 is 10.6. The van der Waals surface area contributed by atoms with Gasteiger partial charge in [0.15, 0.2) is 18.1 Å². The number of rotatable bonds is 7. The number of imide groups is 1. The van der Waals surface area contributed by atoms with Crippen LogP contribution in [-0.4, -0.2) is 36.6 Å². The molecule has 0 aromatic heterocycles. The number of benzene rings is 2. The Hall–Kier alpha value is -3.55. The molecule has 1 aliphatic heterocycles. The summed E-state index contributed by atoms with van der Waals surface area (Å²) in [6.45, 7) is 1.41. The van der Waals surface area contributed by atoms with Crippen molar-refractivity contribution in [1.29, 1.82) is 0 Å². The molecule has 0 unspecified atom stereocenters. The highest BCUT2D eigenvalue weighted by molar-refractivity contribution is 6.08. The standard InChI is InChI=1S/C20H21N3O5/c1-3-20(14-9-5-4-6-10-14)18(25)23(19(26)21-20)22-17(24)13-28-16-12-8-7-11-15(16)27-2/h4-12H,3,13H2,1-2H3,(H,21,26)(H,22,24)/t20-/m1/s1. The molecule has 1 atom stereocenters. The SMILES string of the molecule is CC[C@]1(c2ccccc2)NC(=O)N(NC(=O)COc2ccccc2OC)C1=O. The van der Waals surface area contributed by atoms with Gasteiger partial charge in [-0.2, -0.15) is 5.01 Å². The predicted molar refractivity (Wildman–Crippen MR) is 100 cm³/mol. The molecule has 4 amide bonds. The summed E-state index contributed by atoms with van der Waals surface area (Å²) in [4.78, 5) is 37.6. The third kappa shape index (κ3) is 3.48. The Kier molecular flexibility index (Phi) is 5.49. The number of hydrogen-bond donors (Lipinski definition) is 2. The van der Waals surface area contributed by atoms with Gasteiger partial charge in [-0.1, -0.05) is 49.4 Å². The molecule has 0 radical (unpaired) electrons. The number of hydrogen-bond acceptors (Lipinski definition) is 5. The van der Waals surface area contributed by atoms with Crippen molar-refractivity contribution >= 4 is 17.8 Å². The molecule has 0 aliphatic carbocycles. The minimum absolute atomic E-state index is 0.339. The maximum absolute atomic E-state index is 12.9. The van der Waals surface area contributed by atoms with Crippen LogP contribution in [0, 0.1) is 0 Å². The fourth-order valence-corrected chi connectivity index (χ4v) is 3.08. The average molecular weight is 383 g/mol. The molecule has 1 saturated heterocycles. The van der Waals surface area contributed by atoms with Crippen LogP contribution in [0.2, 0.25) is 0 Å². The van der Waals surface area contributed by atoms with Crippen molar-refractivity contribution in [2.24, 2.45) is 0 Å². The van der Waals surface area contributed by atoms with E-state index in [2.05, 4.69) is 10.7 Å². The van der Waals surface area contributed by atoms with Crippen LogP contribution in [0.25, 0.3) is 0 Å². The number of urea groups is 1. The number of carbonyl (C=O) groups is 3. The molecule has 1 aliphatic rings. The lowest BCUT2D eigenvalue weighted by Gasteiger charge is -2.25. The molecule has 2 aromatic rings. The van der Waals surface area contributed by atoms with E-state index >= 15 is 0 Å². The van der Waals surface area contributed by atoms with Gasteiger partial charge in [-0.05, 0) is 24.1 Å². The summed E-state index contributed by atoms with van der Waals surface area (Å²) in [5, 5.41) is 3.39. The minimum Gasteiger partial charge on any atom is -0.493 e. The molecular weight excluding hydrogens is 362 g/mol. The quantitative estimate of drug-likeness (QED) is 0.713. The van der Waals surface area contributed by atoms with Gasteiger partial charge in [0.25, 0.3) is 11.8 Å². The van der Waals surface area contributed by atoms with Crippen LogP contribution in [0.15, 0.2) is 54.6 Å². The largest absolute Gasteiger partial charge is 0.493 e. The van der Waals surface area contributed by atoms with Crippen molar-refractivity contribution in [2.45, 2.75) is 18.9 Å². The number of para-hydroxylation sites is 2. The first-order valence-electron chi connectivity index (χ1n) is 8.79. The van der Waals surface area contributed by atoms with Crippen molar-refractivity contribution in [1.82, 2.24) is 15.8 Å². The molecule has 28 heavy (non-hydrogen) atoms. The topological polar surface area (TPSA) is 97.0 Å². The van der Waals surface area contributed by atoms with Gasteiger partial charge in [-0.15, -0.1) is 0 Å². The van der Waals surface area contributed by atoms with Crippen LogP contribution < -0.4 is 20.2 Å². The van der Waals surface area contributed by atoms with Crippen LogP contribution in [0.1, 0.15) is 18.9 Å². The van der Waals surface area contributed by atoms with E-state index < -0.39 is 23.4 Å². The molecular formula is C20H21N3O5. The van der Waals surface area contributed by atoms with Gasteiger partial charge >= 0.3 is 6.03 Å². The normalized spacial score (nSPS) is 18.6. The second-order valence-corrected chi connectivity index (χ2v) is 6.17. The van der Waals surface area contributed by atoms with Gasteiger partial charge in [0.2, 0.25) is 0 Å². The Morgan fingerprint density at radius 1 is 1.07 bits per heavy atom. The molecule has 0 saturated carbocycles. The Morgan fingerprint density at radius 2 is 1.71 bits per heavy atom. The molecule has 0 bridgehead atoms. The molecule has 3 rings (SSSR count). The minimum atomic E-state index is -1.21. The summed E-state index contributed by atoms with van der Waals surface area (Å²) >= 11 is 0. The smallest absolute Gasteiger partial charge is 0.344 e. The molecule has 1 heterocycles. The van der Waals surface area contributed by atoms with E-state index in [4.69, 9.17) is 9.47 Å². The van der Waals surface area contributed by atoms with Crippen molar-refractivity contribution < 1.29 is 23.9 Å². The van der Waals surface area contributed by atoms with Gasteiger partial charge in [0.1, 0.15) is 5.54 Å². The molecule has 8 heteroatoms. The number of ether oxygens (including phenoxy) is 2. The highest BCUT2D eigenvalue weighted by atomic mass is 16.5. The highest BCUT2D eigenvalue weighted by Crippen LogP contribution is 2.31. The van der Waals surface area contributed by atoms with Gasteiger partial charge in [0, 0.05) is 0 Å². The summed E-state index contributed by atoms with van der Waals surface area (Å²) in [6, 6.07) is 15.1. The lowest BCUT2D eigenvalue weighted by molar-refractivity contribution is -0.140. The van der Waals surface area contributed by atoms with Gasteiger partial charge in [-0.25, -0.2) is 4.79 Å². The number of carbonyl (C=O) groups excluding carboxylic acids is 3.